The average molecular weight is 276 g/mol. The molecule has 1 rings (SSSR count). The molecule has 0 radical (unpaired) electrons. The smallest absolute Gasteiger partial charge is 0.251 e. The topological polar surface area (TPSA) is 75.3 Å². The van der Waals surface area contributed by atoms with Gasteiger partial charge < -0.3 is 10.6 Å². The highest BCUT2D eigenvalue weighted by atomic mass is 16.2. The van der Waals surface area contributed by atoms with Gasteiger partial charge in [-0.25, -0.2) is 0 Å². The van der Waals surface area contributed by atoms with Gasteiger partial charge in [0.1, 0.15) is 6.29 Å². The predicted octanol–water partition coefficient (Wildman–Crippen LogP) is 1.54. The standard InChI is InChI=1S/C15H20N2O3/c1-2-3-7-14(19)16-8-9-17-15(20)13-6-4-5-12(10-13)11-18/h4-6,10-11H,2-3,7-9H2,1H3,(H,16,19)(H,17,20). The van der Waals surface area contributed by atoms with Crippen LogP contribution in [0.5, 0.6) is 0 Å². The Hall–Kier alpha value is -2.17. The molecule has 1 aromatic carbocycles. The monoisotopic (exact) mass is 276 g/mol. The van der Waals surface area contributed by atoms with E-state index >= 15 is 0 Å². The normalized spacial score (nSPS) is 9.85. The van der Waals surface area contributed by atoms with Crippen LogP contribution in [0, 0.1) is 0 Å². The van der Waals surface area contributed by atoms with Crippen LogP contribution in [-0.2, 0) is 4.79 Å². The van der Waals surface area contributed by atoms with Crippen molar-refractivity contribution in [3.8, 4) is 0 Å². The lowest BCUT2D eigenvalue weighted by atomic mass is 10.1. The number of amides is 2. The molecule has 2 amide bonds. The van der Waals surface area contributed by atoms with Gasteiger partial charge in [-0.3, -0.25) is 14.4 Å². The van der Waals surface area contributed by atoms with Crippen molar-refractivity contribution in [3.05, 3.63) is 35.4 Å². The maximum atomic E-state index is 11.8. The van der Waals surface area contributed by atoms with Gasteiger partial charge >= 0.3 is 0 Å². The summed E-state index contributed by atoms with van der Waals surface area (Å²) in [7, 11) is 0. The molecule has 1 aromatic rings. The number of rotatable bonds is 8. The highest BCUT2D eigenvalue weighted by molar-refractivity contribution is 5.95. The first kappa shape index (κ1) is 15.9. The van der Waals surface area contributed by atoms with Gasteiger partial charge in [0.25, 0.3) is 5.91 Å². The lowest BCUT2D eigenvalue weighted by Gasteiger charge is -2.07. The molecule has 2 N–H and O–H groups in total. The van der Waals surface area contributed by atoms with Crippen molar-refractivity contribution in [2.45, 2.75) is 26.2 Å². The first-order valence-electron chi connectivity index (χ1n) is 6.77. The highest BCUT2D eigenvalue weighted by Crippen LogP contribution is 2.02. The second-order valence-corrected chi connectivity index (χ2v) is 4.45. The lowest BCUT2D eigenvalue weighted by Crippen LogP contribution is -2.34. The summed E-state index contributed by atoms with van der Waals surface area (Å²) < 4.78 is 0. The Morgan fingerprint density at radius 1 is 1.20 bits per heavy atom. The molecule has 5 nitrogen and oxygen atoms in total. The largest absolute Gasteiger partial charge is 0.354 e. The molecular weight excluding hydrogens is 256 g/mol. The van der Waals surface area contributed by atoms with Crippen molar-refractivity contribution >= 4 is 18.1 Å². The van der Waals surface area contributed by atoms with E-state index in [4.69, 9.17) is 0 Å². The fourth-order valence-corrected chi connectivity index (χ4v) is 1.66. The molecule has 0 aliphatic carbocycles. The highest BCUT2D eigenvalue weighted by Gasteiger charge is 2.05. The third-order valence-electron chi connectivity index (χ3n) is 2.78. The van der Waals surface area contributed by atoms with Crippen molar-refractivity contribution in [1.82, 2.24) is 10.6 Å². The molecule has 0 saturated heterocycles. The van der Waals surface area contributed by atoms with Crippen LogP contribution in [0.15, 0.2) is 24.3 Å². The minimum absolute atomic E-state index is 0.00375. The van der Waals surface area contributed by atoms with E-state index in [-0.39, 0.29) is 11.8 Å². The van der Waals surface area contributed by atoms with Gasteiger partial charge in [-0.1, -0.05) is 25.5 Å². The van der Waals surface area contributed by atoms with Crippen LogP contribution in [0.2, 0.25) is 0 Å². The quantitative estimate of drug-likeness (QED) is 0.558. The molecule has 0 unspecified atom stereocenters. The number of carbonyl (C=O) groups is 3. The van der Waals surface area contributed by atoms with E-state index in [2.05, 4.69) is 10.6 Å². The number of benzene rings is 1. The molecule has 20 heavy (non-hydrogen) atoms. The van der Waals surface area contributed by atoms with Crippen LogP contribution in [-0.4, -0.2) is 31.2 Å². The Morgan fingerprint density at radius 3 is 2.65 bits per heavy atom. The number of nitrogens with one attached hydrogen (secondary N) is 2. The molecular formula is C15H20N2O3. The summed E-state index contributed by atoms with van der Waals surface area (Å²) in [5.74, 6) is -0.249. The summed E-state index contributed by atoms with van der Waals surface area (Å²) in [6.45, 7) is 2.80. The van der Waals surface area contributed by atoms with Crippen LogP contribution < -0.4 is 10.6 Å². The first-order chi connectivity index (χ1) is 9.67. The minimum Gasteiger partial charge on any atom is -0.354 e. The van der Waals surface area contributed by atoms with Crippen LogP contribution in [0.3, 0.4) is 0 Å². The number of unbranched alkanes of at least 4 members (excludes halogenated alkanes) is 1. The summed E-state index contributed by atoms with van der Waals surface area (Å²) in [6.07, 6.45) is 3.07. The summed E-state index contributed by atoms with van der Waals surface area (Å²) in [5.41, 5.74) is 0.900. The summed E-state index contributed by atoms with van der Waals surface area (Å²) in [6, 6.07) is 6.47. The van der Waals surface area contributed by atoms with Crippen molar-refractivity contribution < 1.29 is 14.4 Å². The summed E-state index contributed by atoms with van der Waals surface area (Å²) in [5, 5.41) is 5.43. The number of carbonyl (C=O) groups excluding carboxylic acids is 3. The second-order valence-electron chi connectivity index (χ2n) is 4.45. The fraction of sp³-hybridized carbons (Fsp3) is 0.400. The number of hydrogen-bond acceptors (Lipinski definition) is 3. The van der Waals surface area contributed by atoms with Gasteiger partial charge in [0, 0.05) is 30.6 Å². The Labute approximate surface area is 118 Å². The molecule has 0 aliphatic heterocycles. The number of aldehydes is 1. The summed E-state index contributed by atoms with van der Waals surface area (Å²) in [4.78, 5) is 33.8. The Morgan fingerprint density at radius 2 is 1.95 bits per heavy atom. The molecule has 5 heteroatoms. The molecule has 0 spiro atoms. The number of hydrogen-bond donors (Lipinski definition) is 2. The minimum atomic E-state index is -0.253. The first-order valence-corrected chi connectivity index (χ1v) is 6.77. The van der Waals surface area contributed by atoms with Gasteiger partial charge in [0.05, 0.1) is 0 Å². The van der Waals surface area contributed by atoms with Gasteiger partial charge in [-0.2, -0.15) is 0 Å². The van der Waals surface area contributed by atoms with Crippen molar-refractivity contribution in [1.29, 1.82) is 0 Å². The predicted molar refractivity (Wildman–Crippen MR) is 76.7 cm³/mol. The van der Waals surface area contributed by atoms with E-state index in [1.165, 1.54) is 6.07 Å². The van der Waals surface area contributed by atoms with Gasteiger partial charge in [0.2, 0.25) is 5.91 Å². The molecule has 0 atom stereocenters. The SMILES string of the molecule is CCCCC(=O)NCCNC(=O)c1cccc(C=O)c1. The van der Waals surface area contributed by atoms with Gasteiger partial charge in [-0.05, 0) is 18.6 Å². The van der Waals surface area contributed by atoms with E-state index in [1.54, 1.807) is 18.2 Å². The molecule has 0 saturated carbocycles. The molecule has 0 bridgehead atoms. The van der Waals surface area contributed by atoms with Crippen molar-refractivity contribution in [2.75, 3.05) is 13.1 Å². The third-order valence-corrected chi connectivity index (χ3v) is 2.78. The molecule has 0 heterocycles. The van der Waals surface area contributed by atoms with E-state index < -0.39 is 0 Å². The molecule has 0 aliphatic rings. The van der Waals surface area contributed by atoms with E-state index in [0.29, 0.717) is 36.9 Å². The van der Waals surface area contributed by atoms with E-state index in [0.717, 1.165) is 12.8 Å². The lowest BCUT2D eigenvalue weighted by molar-refractivity contribution is -0.121. The van der Waals surface area contributed by atoms with Crippen LogP contribution >= 0.6 is 0 Å². The zero-order valence-corrected chi connectivity index (χ0v) is 11.6. The zero-order valence-electron chi connectivity index (χ0n) is 11.6. The van der Waals surface area contributed by atoms with E-state index in [1.807, 2.05) is 6.92 Å². The van der Waals surface area contributed by atoms with Crippen LogP contribution in [0.25, 0.3) is 0 Å². The third kappa shape index (κ3) is 5.65. The Kier molecular flexibility index (Phi) is 7.03. The fourth-order valence-electron chi connectivity index (χ4n) is 1.66. The molecule has 0 aromatic heterocycles. The van der Waals surface area contributed by atoms with E-state index in [9.17, 15) is 14.4 Å². The van der Waals surface area contributed by atoms with Crippen LogP contribution in [0.1, 0.15) is 46.9 Å². The Bertz CT molecular complexity index is 472. The molecule has 0 fully saturated rings. The second kappa shape index (κ2) is 8.85. The van der Waals surface area contributed by atoms with Gasteiger partial charge in [-0.15, -0.1) is 0 Å². The van der Waals surface area contributed by atoms with Gasteiger partial charge in [0.15, 0.2) is 0 Å². The van der Waals surface area contributed by atoms with Crippen molar-refractivity contribution in [3.63, 3.8) is 0 Å². The summed E-state index contributed by atoms with van der Waals surface area (Å²) >= 11 is 0. The maximum Gasteiger partial charge on any atom is 0.251 e. The zero-order chi connectivity index (χ0) is 14.8. The average Bonchev–Trinajstić information content (AvgIpc) is 2.49. The van der Waals surface area contributed by atoms with Crippen molar-refractivity contribution in [2.24, 2.45) is 0 Å². The maximum absolute atomic E-state index is 11.8. The van der Waals surface area contributed by atoms with Crippen LogP contribution in [0.4, 0.5) is 0 Å². The Balaban J connectivity index is 2.29. The molecule has 108 valence electrons.